The summed E-state index contributed by atoms with van der Waals surface area (Å²) in [5.74, 6) is 0.842. The van der Waals surface area contributed by atoms with E-state index in [0.29, 0.717) is 23.8 Å². The first kappa shape index (κ1) is 25.0. The number of nitrogens with zero attached hydrogens (tertiary/aromatic N) is 3. The van der Waals surface area contributed by atoms with E-state index in [-0.39, 0.29) is 24.1 Å². The minimum atomic E-state index is -0.559. The van der Waals surface area contributed by atoms with Crippen molar-refractivity contribution in [3.05, 3.63) is 58.5 Å². The lowest BCUT2D eigenvalue weighted by Crippen LogP contribution is -2.49. The predicted molar refractivity (Wildman–Crippen MR) is 142 cm³/mol. The summed E-state index contributed by atoms with van der Waals surface area (Å²) in [4.78, 5) is 46.8. The molecule has 2 N–H and O–H groups in total. The molecular weight excluding hydrogens is 490 g/mol. The maximum atomic E-state index is 13.5. The molecule has 194 valence electrons. The largest absolute Gasteiger partial charge is 0.461 e. The van der Waals surface area contributed by atoms with Gasteiger partial charge < -0.3 is 24.9 Å². The Labute approximate surface area is 219 Å². The number of rotatable bonds is 8. The normalized spacial score (nSPS) is 18.8. The first-order chi connectivity index (χ1) is 18.0. The van der Waals surface area contributed by atoms with Gasteiger partial charge in [0.05, 0.1) is 6.54 Å². The number of nitrogens with one attached hydrogen (secondary N) is 2. The number of benzene rings is 1. The molecule has 0 spiro atoms. The summed E-state index contributed by atoms with van der Waals surface area (Å²) in [7, 11) is 0. The van der Waals surface area contributed by atoms with Gasteiger partial charge in [0.15, 0.2) is 5.01 Å². The Bertz CT molecular complexity index is 1310. The van der Waals surface area contributed by atoms with Crippen molar-refractivity contribution in [3.8, 4) is 0 Å². The molecule has 2 aliphatic heterocycles. The number of hydrogen-bond acceptors (Lipinski definition) is 8. The number of likely N-dealkylation sites (tertiary alicyclic amines) is 2. The number of furan rings is 1. The zero-order valence-electron chi connectivity index (χ0n) is 20.9. The molecule has 2 aromatic heterocycles. The van der Waals surface area contributed by atoms with Crippen LogP contribution in [0.1, 0.15) is 47.7 Å². The lowest BCUT2D eigenvalue weighted by molar-refractivity contribution is -0.140. The Hall–Kier alpha value is -3.66. The van der Waals surface area contributed by atoms with Gasteiger partial charge in [0.25, 0.3) is 0 Å². The summed E-state index contributed by atoms with van der Waals surface area (Å²) in [6, 6.07) is 7.06. The summed E-state index contributed by atoms with van der Waals surface area (Å²) >= 11 is 1.26. The summed E-state index contributed by atoms with van der Waals surface area (Å²) in [6.07, 6.45) is 7.34. The predicted octanol–water partition coefficient (Wildman–Crippen LogP) is 3.93. The van der Waals surface area contributed by atoms with Crippen LogP contribution in [-0.4, -0.2) is 64.6 Å². The zero-order chi connectivity index (χ0) is 25.8. The van der Waals surface area contributed by atoms with E-state index in [2.05, 4.69) is 15.6 Å². The zero-order valence-corrected chi connectivity index (χ0v) is 21.7. The third-order valence-electron chi connectivity index (χ3n) is 6.73. The van der Waals surface area contributed by atoms with Gasteiger partial charge in [-0.25, -0.2) is 4.98 Å². The minimum Gasteiger partial charge on any atom is -0.461 e. The van der Waals surface area contributed by atoms with Gasteiger partial charge >= 0.3 is 0 Å². The third kappa shape index (κ3) is 6.02. The second-order valence-corrected chi connectivity index (χ2v) is 10.4. The van der Waals surface area contributed by atoms with Crippen molar-refractivity contribution >= 4 is 45.6 Å². The van der Waals surface area contributed by atoms with Crippen LogP contribution in [0.5, 0.6) is 0 Å². The smallest absolute Gasteiger partial charge is 0.245 e. The van der Waals surface area contributed by atoms with E-state index in [1.165, 1.54) is 17.4 Å². The number of aromatic nitrogens is 1. The van der Waals surface area contributed by atoms with Crippen LogP contribution in [0.4, 0.5) is 5.69 Å². The van der Waals surface area contributed by atoms with Crippen LogP contribution in [0.25, 0.3) is 11.0 Å². The summed E-state index contributed by atoms with van der Waals surface area (Å²) in [5, 5.41) is 9.61. The number of amides is 2. The Morgan fingerprint density at radius 2 is 1.97 bits per heavy atom. The van der Waals surface area contributed by atoms with Gasteiger partial charge in [0, 0.05) is 48.4 Å². The van der Waals surface area contributed by atoms with Crippen molar-refractivity contribution < 1.29 is 18.8 Å². The van der Waals surface area contributed by atoms with E-state index >= 15 is 0 Å². The fourth-order valence-electron chi connectivity index (χ4n) is 4.87. The van der Waals surface area contributed by atoms with Crippen LogP contribution in [-0.2, 0) is 9.59 Å². The molecule has 3 aromatic rings. The quantitative estimate of drug-likeness (QED) is 0.342. The van der Waals surface area contributed by atoms with Crippen LogP contribution in [0.15, 0.2) is 52.2 Å². The van der Waals surface area contributed by atoms with Crippen LogP contribution in [0.3, 0.4) is 0 Å². The highest BCUT2D eigenvalue weighted by Crippen LogP contribution is 2.24. The SMILES string of the molecule is Cc1cc2cc(NC(=CC(=O)c3nccs3)N[C@H]3CCCCN(CC(=O)N4CCCC4)C3=O)ccc2o1. The molecule has 2 fully saturated rings. The molecule has 1 aromatic carbocycles. The number of hydrogen-bond donors (Lipinski definition) is 2. The molecule has 2 saturated heterocycles. The van der Waals surface area contributed by atoms with E-state index in [1.807, 2.05) is 36.1 Å². The first-order valence-electron chi connectivity index (χ1n) is 12.7. The fraction of sp³-hybridized carbons (Fsp3) is 0.407. The van der Waals surface area contributed by atoms with E-state index in [1.54, 1.807) is 16.5 Å². The van der Waals surface area contributed by atoms with Crippen LogP contribution in [0.2, 0.25) is 0 Å². The van der Waals surface area contributed by atoms with Gasteiger partial charge in [-0.1, -0.05) is 0 Å². The van der Waals surface area contributed by atoms with E-state index in [9.17, 15) is 14.4 Å². The number of fused-ring (bicyclic) bond motifs is 1. The van der Waals surface area contributed by atoms with Gasteiger partial charge in [-0.15, -0.1) is 11.3 Å². The van der Waals surface area contributed by atoms with Crippen LogP contribution >= 0.6 is 11.3 Å². The number of thiazole rings is 1. The molecule has 10 heteroatoms. The summed E-state index contributed by atoms with van der Waals surface area (Å²) in [5.41, 5.74) is 1.53. The highest BCUT2D eigenvalue weighted by atomic mass is 32.1. The van der Waals surface area contributed by atoms with Gasteiger partial charge in [0.2, 0.25) is 17.6 Å². The highest BCUT2D eigenvalue weighted by molar-refractivity contribution is 7.11. The van der Waals surface area contributed by atoms with Gasteiger partial charge in [-0.05, 0) is 63.3 Å². The number of ketones is 1. The van der Waals surface area contributed by atoms with Crippen molar-refractivity contribution in [2.24, 2.45) is 0 Å². The summed E-state index contributed by atoms with van der Waals surface area (Å²) in [6.45, 7) is 4.07. The van der Waals surface area contributed by atoms with Crippen molar-refractivity contribution in [1.82, 2.24) is 20.1 Å². The average Bonchev–Trinajstić information content (AvgIpc) is 3.64. The molecule has 0 saturated carbocycles. The molecule has 2 aliphatic rings. The molecule has 5 rings (SSSR count). The number of anilines is 1. The van der Waals surface area contributed by atoms with Gasteiger partial charge in [-0.3, -0.25) is 14.4 Å². The Morgan fingerprint density at radius 3 is 2.76 bits per heavy atom. The first-order valence-corrected chi connectivity index (χ1v) is 13.6. The van der Waals surface area contributed by atoms with E-state index in [0.717, 1.165) is 61.2 Å². The van der Waals surface area contributed by atoms with Gasteiger partial charge in [0.1, 0.15) is 23.2 Å². The van der Waals surface area contributed by atoms with Crippen molar-refractivity contribution in [1.29, 1.82) is 0 Å². The molecular formula is C27H31N5O4S. The molecule has 0 unspecified atom stereocenters. The molecule has 0 bridgehead atoms. The molecule has 4 heterocycles. The van der Waals surface area contributed by atoms with Crippen LogP contribution < -0.4 is 10.6 Å². The molecule has 9 nitrogen and oxygen atoms in total. The van der Waals surface area contributed by atoms with E-state index < -0.39 is 6.04 Å². The second kappa shape index (κ2) is 11.2. The number of aryl methyl sites for hydroxylation is 1. The van der Waals surface area contributed by atoms with Crippen LogP contribution in [0, 0.1) is 6.92 Å². The average molecular weight is 522 g/mol. The molecule has 37 heavy (non-hydrogen) atoms. The molecule has 0 aliphatic carbocycles. The summed E-state index contributed by atoms with van der Waals surface area (Å²) < 4.78 is 5.67. The monoisotopic (exact) mass is 521 g/mol. The maximum absolute atomic E-state index is 13.5. The Balaban J connectivity index is 1.36. The number of carbonyl (C=O) groups is 3. The Kier molecular flexibility index (Phi) is 7.55. The lowest BCUT2D eigenvalue weighted by atomic mass is 10.1. The topological polar surface area (TPSA) is 108 Å². The van der Waals surface area contributed by atoms with Gasteiger partial charge in [-0.2, -0.15) is 0 Å². The molecule has 1 atom stereocenters. The molecule has 2 amide bonds. The lowest BCUT2D eigenvalue weighted by Gasteiger charge is -2.27. The Morgan fingerprint density at radius 1 is 1.16 bits per heavy atom. The number of carbonyl (C=O) groups excluding carboxylic acids is 3. The number of allylic oxidation sites excluding steroid dienone is 1. The maximum Gasteiger partial charge on any atom is 0.245 e. The fourth-order valence-corrected chi connectivity index (χ4v) is 5.42. The van der Waals surface area contributed by atoms with E-state index in [4.69, 9.17) is 4.42 Å². The molecule has 0 radical (unpaired) electrons. The highest BCUT2D eigenvalue weighted by Gasteiger charge is 2.30. The van der Waals surface area contributed by atoms with Crippen molar-refractivity contribution in [3.63, 3.8) is 0 Å². The minimum absolute atomic E-state index is 0.00282. The van der Waals surface area contributed by atoms with Crippen molar-refractivity contribution in [2.45, 2.75) is 45.1 Å². The third-order valence-corrected chi connectivity index (χ3v) is 7.52. The second-order valence-electron chi connectivity index (χ2n) is 9.53. The standard InChI is InChI=1S/C27H31N5O4S/c1-18-14-19-15-20(7-8-23(19)36-18)29-24(16-22(33)26-28-9-13-37-26)30-21-6-2-3-12-32(27(21)35)17-25(34)31-10-4-5-11-31/h7-9,13-16,21,29-30H,2-6,10-12,17H2,1H3/t21-/m0/s1. The van der Waals surface area contributed by atoms with Crippen molar-refractivity contribution in [2.75, 3.05) is 31.5 Å².